The second-order valence-electron chi connectivity index (χ2n) is 3.57. The summed E-state index contributed by atoms with van der Waals surface area (Å²) in [6.07, 6.45) is 0.848. The van der Waals surface area contributed by atoms with Gasteiger partial charge in [0.1, 0.15) is 18.3 Å². The van der Waals surface area contributed by atoms with E-state index in [0.29, 0.717) is 13.2 Å². The number of esters is 1. The molecule has 0 aromatic heterocycles. The molecular weight excluding hydrogens is 192 g/mol. The Labute approximate surface area is 89.0 Å². The number of carbonyl (C=O) groups is 1. The predicted molar refractivity (Wildman–Crippen MR) is 55.9 cm³/mol. The van der Waals surface area contributed by atoms with Gasteiger partial charge in [-0.25, -0.2) is 0 Å². The van der Waals surface area contributed by atoms with Gasteiger partial charge in [-0.15, -0.1) is 0 Å². The van der Waals surface area contributed by atoms with Gasteiger partial charge < -0.3 is 9.47 Å². The highest BCUT2D eigenvalue weighted by molar-refractivity contribution is 5.80. The van der Waals surface area contributed by atoms with Gasteiger partial charge >= 0.3 is 5.97 Å². The van der Waals surface area contributed by atoms with Crippen LogP contribution in [0.3, 0.4) is 0 Å². The number of benzene rings is 1. The van der Waals surface area contributed by atoms with Crippen molar-refractivity contribution in [3.63, 3.8) is 0 Å². The van der Waals surface area contributed by atoms with E-state index >= 15 is 0 Å². The lowest BCUT2D eigenvalue weighted by Gasteiger charge is -2.08. The first-order chi connectivity index (χ1) is 7.33. The molecule has 2 rings (SSSR count). The molecule has 0 fully saturated rings. The van der Waals surface area contributed by atoms with E-state index in [1.165, 1.54) is 0 Å². The minimum Gasteiger partial charge on any atom is -0.492 e. The summed E-state index contributed by atoms with van der Waals surface area (Å²) in [5.74, 6) is 0.380. The summed E-state index contributed by atoms with van der Waals surface area (Å²) in [7, 11) is 0. The maximum atomic E-state index is 11.7. The molecule has 0 amide bonds. The topological polar surface area (TPSA) is 35.5 Å². The summed E-state index contributed by atoms with van der Waals surface area (Å²) in [6, 6.07) is 7.61. The fourth-order valence-corrected chi connectivity index (χ4v) is 1.66. The Morgan fingerprint density at radius 1 is 1.53 bits per heavy atom. The van der Waals surface area contributed by atoms with Crippen molar-refractivity contribution in [2.45, 2.75) is 19.3 Å². The number of fused-ring (bicyclic) bond motifs is 1. The lowest BCUT2D eigenvalue weighted by atomic mass is 10.0. The van der Waals surface area contributed by atoms with Crippen LogP contribution >= 0.6 is 0 Å². The van der Waals surface area contributed by atoms with E-state index in [1.807, 2.05) is 31.2 Å². The Morgan fingerprint density at radius 3 is 3.13 bits per heavy atom. The lowest BCUT2D eigenvalue weighted by molar-refractivity contribution is -0.145. The molecule has 0 spiro atoms. The third-order valence-electron chi connectivity index (χ3n) is 2.43. The SMILES string of the molecule is CCCOC(=O)C1COc2ccccc21. The number of hydrogen-bond donors (Lipinski definition) is 0. The normalized spacial score (nSPS) is 18.1. The summed E-state index contributed by atoms with van der Waals surface area (Å²) in [4.78, 5) is 11.7. The fraction of sp³-hybridized carbons (Fsp3) is 0.417. The van der Waals surface area contributed by atoms with Crippen LogP contribution in [0.4, 0.5) is 0 Å². The summed E-state index contributed by atoms with van der Waals surface area (Å²) >= 11 is 0. The zero-order valence-corrected chi connectivity index (χ0v) is 8.73. The molecule has 0 N–H and O–H groups in total. The molecule has 0 bridgehead atoms. The van der Waals surface area contributed by atoms with Gasteiger partial charge in [-0.1, -0.05) is 25.1 Å². The zero-order valence-electron chi connectivity index (χ0n) is 8.73. The van der Waals surface area contributed by atoms with Crippen molar-refractivity contribution in [2.24, 2.45) is 0 Å². The molecule has 1 aliphatic rings. The Morgan fingerprint density at radius 2 is 2.33 bits per heavy atom. The van der Waals surface area contributed by atoms with Gasteiger partial charge in [-0.2, -0.15) is 0 Å². The molecule has 3 heteroatoms. The molecule has 15 heavy (non-hydrogen) atoms. The molecule has 1 aliphatic heterocycles. The van der Waals surface area contributed by atoms with Crippen LogP contribution in [0.2, 0.25) is 0 Å². The predicted octanol–water partition coefficient (Wildman–Crippen LogP) is 2.12. The molecule has 1 atom stereocenters. The van der Waals surface area contributed by atoms with Gasteiger partial charge in [0.05, 0.1) is 6.61 Å². The lowest BCUT2D eigenvalue weighted by Crippen LogP contribution is -2.17. The van der Waals surface area contributed by atoms with E-state index in [4.69, 9.17) is 9.47 Å². The molecule has 1 heterocycles. The molecule has 80 valence electrons. The molecule has 1 aromatic rings. The summed E-state index contributed by atoms with van der Waals surface area (Å²) in [5, 5.41) is 0. The first-order valence-electron chi connectivity index (χ1n) is 5.21. The Balaban J connectivity index is 2.10. The van der Waals surface area contributed by atoms with Crippen LogP contribution in [-0.4, -0.2) is 19.2 Å². The molecule has 0 saturated carbocycles. The van der Waals surface area contributed by atoms with Crippen LogP contribution in [0.25, 0.3) is 0 Å². The highest BCUT2D eigenvalue weighted by Crippen LogP contribution is 2.34. The van der Waals surface area contributed by atoms with Gasteiger partial charge in [0.25, 0.3) is 0 Å². The standard InChI is InChI=1S/C12H14O3/c1-2-7-14-12(13)10-8-15-11-6-4-3-5-9(10)11/h3-6,10H,2,7-8H2,1H3. The van der Waals surface area contributed by atoms with Crippen LogP contribution in [0.5, 0.6) is 5.75 Å². The van der Waals surface area contributed by atoms with Crippen LogP contribution < -0.4 is 4.74 Å². The van der Waals surface area contributed by atoms with E-state index in [9.17, 15) is 4.79 Å². The van der Waals surface area contributed by atoms with Crippen LogP contribution in [-0.2, 0) is 9.53 Å². The second kappa shape index (κ2) is 4.34. The first-order valence-corrected chi connectivity index (χ1v) is 5.21. The number of ether oxygens (including phenoxy) is 2. The molecular formula is C12H14O3. The minimum atomic E-state index is -0.243. The van der Waals surface area contributed by atoms with Gasteiger partial charge in [0.15, 0.2) is 0 Å². The van der Waals surface area contributed by atoms with Crippen molar-refractivity contribution in [1.82, 2.24) is 0 Å². The highest BCUT2D eigenvalue weighted by Gasteiger charge is 2.30. The molecule has 0 aliphatic carbocycles. The third kappa shape index (κ3) is 1.96. The Hall–Kier alpha value is -1.51. The van der Waals surface area contributed by atoms with E-state index in [0.717, 1.165) is 17.7 Å². The van der Waals surface area contributed by atoms with E-state index in [-0.39, 0.29) is 11.9 Å². The first kappa shape index (κ1) is 10.0. The van der Waals surface area contributed by atoms with Crippen LogP contribution in [0.1, 0.15) is 24.8 Å². The average molecular weight is 206 g/mol. The molecule has 3 nitrogen and oxygen atoms in total. The van der Waals surface area contributed by atoms with Crippen molar-refractivity contribution in [2.75, 3.05) is 13.2 Å². The summed E-state index contributed by atoms with van der Waals surface area (Å²) < 4.78 is 10.5. The fourth-order valence-electron chi connectivity index (χ4n) is 1.66. The number of para-hydroxylation sites is 1. The van der Waals surface area contributed by atoms with Gasteiger partial charge in [0.2, 0.25) is 0 Å². The van der Waals surface area contributed by atoms with Gasteiger partial charge in [-0.05, 0) is 12.5 Å². The molecule has 1 unspecified atom stereocenters. The zero-order chi connectivity index (χ0) is 10.7. The van der Waals surface area contributed by atoms with Gasteiger partial charge in [-0.3, -0.25) is 4.79 Å². The average Bonchev–Trinajstić information content (AvgIpc) is 2.69. The largest absolute Gasteiger partial charge is 0.492 e. The Bertz CT molecular complexity index is 360. The van der Waals surface area contributed by atoms with E-state index in [1.54, 1.807) is 0 Å². The highest BCUT2D eigenvalue weighted by atomic mass is 16.5. The van der Waals surface area contributed by atoms with Crippen molar-refractivity contribution in [3.8, 4) is 5.75 Å². The van der Waals surface area contributed by atoms with E-state index in [2.05, 4.69) is 0 Å². The summed E-state index contributed by atoms with van der Waals surface area (Å²) in [6.45, 7) is 2.87. The minimum absolute atomic E-state index is 0.179. The quantitative estimate of drug-likeness (QED) is 0.710. The third-order valence-corrected chi connectivity index (χ3v) is 2.43. The smallest absolute Gasteiger partial charge is 0.317 e. The molecule has 1 aromatic carbocycles. The van der Waals surface area contributed by atoms with Crippen LogP contribution in [0, 0.1) is 0 Å². The number of rotatable bonds is 3. The second-order valence-corrected chi connectivity index (χ2v) is 3.57. The van der Waals surface area contributed by atoms with Crippen molar-refractivity contribution >= 4 is 5.97 Å². The molecule has 0 radical (unpaired) electrons. The number of hydrogen-bond acceptors (Lipinski definition) is 3. The van der Waals surface area contributed by atoms with Crippen molar-refractivity contribution in [3.05, 3.63) is 29.8 Å². The molecule has 0 saturated heterocycles. The monoisotopic (exact) mass is 206 g/mol. The maximum absolute atomic E-state index is 11.7. The van der Waals surface area contributed by atoms with Gasteiger partial charge in [0, 0.05) is 5.56 Å². The Kier molecular flexibility index (Phi) is 2.90. The van der Waals surface area contributed by atoms with Crippen molar-refractivity contribution in [1.29, 1.82) is 0 Å². The van der Waals surface area contributed by atoms with Crippen molar-refractivity contribution < 1.29 is 14.3 Å². The maximum Gasteiger partial charge on any atom is 0.317 e. The van der Waals surface area contributed by atoms with Crippen LogP contribution in [0.15, 0.2) is 24.3 Å². The summed E-state index contributed by atoms with van der Waals surface area (Å²) in [5.41, 5.74) is 0.943. The number of carbonyl (C=O) groups excluding carboxylic acids is 1. The van der Waals surface area contributed by atoms with E-state index < -0.39 is 0 Å².